The number of carbonyl (C=O) groups is 1. The summed E-state index contributed by atoms with van der Waals surface area (Å²) in [6.45, 7) is 3.89. The summed E-state index contributed by atoms with van der Waals surface area (Å²) in [5.74, 6) is 0.112. The molecule has 1 aliphatic heterocycles. The van der Waals surface area contributed by atoms with E-state index < -0.39 is 0 Å². The second-order valence-corrected chi connectivity index (χ2v) is 6.73. The van der Waals surface area contributed by atoms with Crippen molar-refractivity contribution in [2.45, 2.75) is 32.0 Å². The van der Waals surface area contributed by atoms with Gasteiger partial charge in [0.2, 0.25) is 5.91 Å². The molecule has 0 spiro atoms. The third-order valence-electron chi connectivity index (χ3n) is 4.53. The highest BCUT2D eigenvalue weighted by Crippen LogP contribution is 2.10. The maximum atomic E-state index is 12.5. The lowest BCUT2D eigenvalue weighted by molar-refractivity contribution is -0.123. The van der Waals surface area contributed by atoms with Crippen molar-refractivity contribution in [2.75, 3.05) is 19.6 Å². The van der Waals surface area contributed by atoms with E-state index in [0.717, 1.165) is 39.0 Å². The number of benzene rings is 2. The zero-order valence-electron chi connectivity index (χ0n) is 14.7. The highest BCUT2D eigenvalue weighted by molar-refractivity contribution is 5.78. The number of nitrogens with one attached hydrogen (secondary N) is 2. The molecule has 0 aliphatic carbocycles. The second-order valence-electron chi connectivity index (χ2n) is 6.73. The first-order valence-corrected chi connectivity index (χ1v) is 9.10. The molecular formula is C21H27N3O. The SMILES string of the molecule is O=C(CN(Cc1ccccc1)Cc1ccccc1)N[C@H]1CCCNC1. The van der Waals surface area contributed by atoms with Crippen LogP contribution in [0.4, 0.5) is 0 Å². The third kappa shape index (κ3) is 6.00. The van der Waals surface area contributed by atoms with Crippen LogP contribution in [0.2, 0.25) is 0 Å². The van der Waals surface area contributed by atoms with E-state index in [9.17, 15) is 4.79 Å². The van der Waals surface area contributed by atoms with Crippen LogP contribution in [0.1, 0.15) is 24.0 Å². The maximum absolute atomic E-state index is 12.5. The lowest BCUT2D eigenvalue weighted by Gasteiger charge is -2.26. The molecule has 0 radical (unpaired) electrons. The molecule has 2 aromatic rings. The number of hydrogen-bond donors (Lipinski definition) is 2. The van der Waals surface area contributed by atoms with Gasteiger partial charge in [-0.15, -0.1) is 0 Å². The van der Waals surface area contributed by atoms with Crippen molar-refractivity contribution >= 4 is 5.91 Å². The van der Waals surface area contributed by atoms with Gasteiger partial charge in [0.1, 0.15) is 0 Å². The van der Waals surface area contributed by atoms with Crippen LogP contribution in [0.15, 0.2) is 60.7 Å². The second kappa shape index (κ2) is 9.35. The van der Waals surface area contributed by atoms with E-state index in [4.69, 9.17) is 0 Å². The lowest BCUT2D eigenvalue weighted by Crippen LogP contribution is -2.48. The average molecular weight is 337 g/mol. The first-order valence-electron chi connectivity index (χ1n) is 9.10. The Kier molecular flexibility index (Phi) is 6.60. The summed E-state index contributed by atoms with van der Waals surface area (Å²) in [7, 11) is 0. The van der Waals surface area contributed by atoms with Crippen LogP contribution in [-0.2, 0) is 17.9 Å². The van der Waals surface area contributed by atoms with Crippen LogP contribution >= 0.6 is 0 Å². The Balaban J connectivity index is 1.61. The van der Waals surface area contributed by atoms with Crippen molar-refractivity contribution in [1.29, 1.82) is 0 Å². The molecule has 1 saturated heterocycles. The van der Waals surface area contributed by atoms with Gasteiger partial charge in [0.15, 0.2) is 0 Å². The quantitative estimate of drug-likeness (QED) is 0.816. The fourth-order valence-electron chi connectivity index (χ4n) is 3.30. The van der Waals surface area contributed by atoms with E-state index in [-0.39, 0.29) is 11.9 Å². The zero-order chi connectivity index (χ0) is 17.3. The van der Waals surface area contributed by atoms with Crippen molar-refractivity contribution in [3.05, 3.63) is 71.8 Å². The Hall–Kier alpha value is -2.17. The van der Waals surface area contributed by atoms with Crippen LogP contribution in [0, 0.1) is 0 Å². The number of carbonyl (C=O) groups excluding carboxylic acids is 1. The van der Waals surface area contributed by atoms with Crippen LogP contribution in [0.5, 0.6) is 0 Å². The molecule has 0 aromatic heterocycles. The van der Waals surface area contributed by atoms with Crippen LogP contribution < -0.4 is 10.6 Å². The fraction of sp³-hybridized carbons (Fsp3) is 0.381. The minimum absolute atomic E-state index is 0.112. The predicted molar refractivity (Wildman–Crippen MR) is 101 cm³/mol. The van der Waals surface area contributed by atoms with Crippen molar-refractivity contribution in [3.63, 3.8) is 0 Å². The largest absolute Gasteiger partial charge is 0.351 e. The fourth-order valence-corrected chi connectivity index (χ4v) is 3.30. The molecular weight excluding hydrogens is 310 g/mol. The third-order valence-corrected chi connectivity index (χ3v) is 4.53. The highest BCUT2D eigenvalue weighted by Gasteiger charge is 2.17. The minimum atomic E-state index is 0.112. The Morgan fingerprint density at radius 1 is 1.00 bits per heavy atom. The summed E-state index contributed by atoms with van der Waals surface area (Å²) in [5.41, 5.74) is 2.45. The molecule has 4 heteroatoms. The number of hydrogen-bond acceptors (Lipinski definition) is 3. The topological polar surface area (TPSA) is 44.4 Å². The molecule has 0 unspecified atom stereocenters. The van der Waals surface area contributed by atoms with Gasteiger partial charge in [0.05, 0.1) is 6.54 Å². The van der Waals surface area contributed by atoms with E-state index in [2.05, 4.69) is 39.8 Å². The molecule has 2 N–H and O–H groups in total. The predicted octanol–water partition coefficient (Wildman–Crippen LogP) is 2.56. The van der Waals surface area contributed by atoms with Crippen molar-refractivity contribution in [2.24, 2.45) is 0 Å². The summed E-state index contributed by atoms with van der Waals surface area (Å²) in [6.07, 6.45) is 2.19. The van der Waals surface area contributed by atoms with Gasteiger partial charge >= 0.3 is 0 Å². The summed E-state index contributed by atoms with van der Waals surface area (Å²) >= 11 is 0. The van der Waals surface area contributed by atoms with Crippen molar-refractivity contribution in [1.82, 2.24) is 15.5 Å². The van der Waals surface area contributed by atoms with E-state index in [0.29, 0.717) is 6.54 Å². The molecule has 0 bridgehead atoms. The van der Waals surface area contributed by atoms with Crippen LogP contribution in [-0.4, -0.2) is 36.5 Å². The molecule has 1 amide bonds. The van der Waals surface area contributed by atoms with Gasteiger partial charge in [-0.25, -0.2) is 0 Å². The summed E-state index contributed by atoms with van der Waals surface area (Å²) in [5, 5.41) is 6.52. The summed E-state index contributed by atoms with van der Waals surface area (Å²) in [4.78, 5) is 14.7. The van der Waals surface area contributed by atoms with E-state index in [1.807, 2.05) is 36.4 Å². The molecule has 0 saturated carbocycles. The van der Waals surface area contributed by atoms with E-state index in [1.54, 1.807) is 0 Å². The number of amides is 1. The first-order chi connectivity index (χ1) is 12.3. The molecule has 1 aliphatic rings. The van der Waals surface area contributed by atoms with E-state index >= 15 is 0 Å². The number of nitrogens with zero attached hydrogens (tertiary/aromatic N) is 1. The van der Waals surface area contributed by atoms with Gasteiger partial charge in [-0.2, -0.15) is 0 Å². The molecule has 132 valence electrons. The van der Waals surface area contributed by atoms with Gasteiger partial charge in [0, 0.05) is 25.7 Å². The van der Waals surface area contributed by atoms with Crippen LogP contribution in [0.3, 0.4) is 0 Å². The van der Waals surface area contributed by atoms with Gasteiger partial charge < -0.3 is 10.6 Å². The normalized spacial score (nSPS) is 17.4. The Morgan fingerprint density at radius 3 is 2.12 bits per heavy atom. The van der Waals surface area contributed by atoms with Gasteiger partial charge in [0.25, 0.3) is 0 Å². The standard InChI is InChI=1S/C21H27N3O/c25-21(23-20-12-7-13-22-14-20)17-24(15-18-8-3-1-4-9-18)16-19-10-5-2-6-11-19/h1-6,8-11,20,22H,7,12-17H2,(H,23,25)/t20-/m0/s1. The van der Waals surface area contributed by atoms with Gasteiger partial charge in [-0.1, -0.05) is 60.7 Å². The smallest absolute Gasteiger partial charge is 0.234 e. The lowest BCUT2D eigenvalue weighted by atomic mass is 10.1. The van der Waals surface area contributed by atoms with Gasteiger partial charge in [-0.05, 0) is 30.5 Å². The molecule has 1 atom stereocenters. The first kappa shape index (κ1) is 17.6. The molecule has 3 rings (SSSR count). The van der Waals surface area contributed by atoms with Crippen LogP contribution in [0.25, 0.3) is 0 Å². The molecule has 25 heavy (non-hydrogen) atoms. The van der Waals surface area contributed by atoms with E-state index in [1.165, 1.54) is 11.1 Å². The Morgan fingerprint density at radius 2 is 1.60 bits per heavy atom. The Bertz CT molecular complexity index is 597. The van der Waals surface area contributed by atoms with Crippen molar-refractivity contribution in [3.8, 4) is 0 Å². The average Bonchev–Trinajstić information content (AvgIpc) is 2.64. The molecule has 2 aromatic carbocycles. The van der Waals surface area contributed by atoms with Crippen molar-refractivity contribution < 1.29 is 4.79 Å². The zero-order valence-corrected chi connectivity index (χ0v) is 14.7. The number of rotatable bonds is 7. The molecule has 1 heterocycles. The molecule has 1 fully saturated rings. The number of piperidine rings is 1. The maximum Gasteiger partial charge on any atom is 0.234 e. The summed E-state index contributed by atoms with van der Waals surface area (Å²) < 4.78 is 0. The Labute approximate surface area is 150 Å². The summed E-state index contributed by atoms with van der Waals surface area (Å²) in [6, 6.07) is 20.9. The molecule has 4 nitrogen and oxygen atoms in total. The minimum Gasteiger partial charge on any atom is -0.351 e. The van der Waals surface area contributed by atoms with Gasteiger partial charge in [-0.3, -0.25) is 9.69 Å². The highest BCUT2D eigenvalue weighted by atomic mass is 16.2. The monoisotopic (exact) mass is 337 g/mol.